The van der Waals surface area contributed by atoms with E-state index in [4.69, 9.17) is 14.5 Å². The average molecular weight is 552 g/mol. The zero-order chi connectivity index (χ0) is 28.2. The molecule has 1 amide bonds. The number of amides is 1. The molecule has 0 unspecified atom stereocenters. The fourth-order valence-electron chi connectivity index (χ4n) is 4.33. The van der Waals surface area contributed by atoms with Crippen molar-refractivity contribution < 1.29 is 18.7 Å². The Labute approximate surface area is 235 Å². The van der Waals surface area contributed by atoms with Crippen molar-refractivity contribution >= 4 is 23.2 Å². The summed E-state index contributed by atoms with van der Waals surface area (Å²) in [4.78, 5) is 34.1. The van der Waals surface area contributed by atoms with Crippen LogP contribution in [0.1, 0.15) is 19.0 Å². The van der Waals surface area contributed by atoms with Crippen LogP contribution in [0.4, 0.5) is 21.7 Å². The molecule has 3 N–H and O–H groups in total. The van der Waals surface area contributed by atoms with E-state index in [0.29, 0.717) is 40.1 Å². The number of ether oxygens (including phenoxy) is 2. The number of imidazole rings is 1. The van der Waals surface area contributed by atoms with Crippen molar-refractivity contribution in [3.8, 4) is 22.6 Å². The first-order valence-electron chi connectivity index (χ1n) is 12.9. The van der Waals surface area contributed by atoms with Crippen LogP contribution in [-0.4, -0.2) is 44.0 Å². The van der Waals surface area contributed by atoms with Crippen molar-refractivity contribution in [3.63, 3.8) is 0 Å². The number of nitrogens with one attached hydrogen (secondary N) is 3. The highest BCUT2D eigenvalue weighted by Gasteiger charge is 2.41. The molecule has 2 aromatic carbocycles. The highest BCUT2D eigenvalue weighted by atomic mass is 19.1. The van der Waals surface area contributed by atoms with Gasteiger partial charge in [0.05, 0.1) is 35.7 Å². The number of para-hydroxylation sites is 1. The van der Waals surface area contributed by atoms with Gasteiger partial charge in [0, 0.05) is 35.5 Å². The minimum absolute atomic E-state index is 0.117. The standard InChI is InChI=1S/C30H26FN7O3/c1-30(28(39)34-21-5-3-2-4-6-21)17-40-27(41-18-30)26-37-24(19-7-9-20(31)10-8-19)25(38-26)23-13-16-33-29(36-23)35-22-11-14-32-15-12-22/h2-16,27H,17-18H2,1H3,(H,34,39)(H,37,38)(H,32,33,35,36). The van der Waals surface area contributed by atoms with E-state index < -0.39 is 11.7 Å². The summed E-state index contributed by atoms with van der Waals surface area (Å²) >= 11 is 0. The number of carbonyl (C=O) groups excluding carboxylic acids is 1. The molecule has 1 fully saturated rings. The number of aromatic amines is 1. The summed E-state index contributed by atoms with van der Waals surface area (Å²) in [5.41, 5.74) is 2.92. The molecule has 1 aliphatic rings. The molecule has 0 bridgehead atoms. The van der Waals surface area contributed by atoms with Gasteiger partial charge in [-0.3, -0.25) is 9.78 Å². The molecule has 41 heavy (non-hydrogen) atoms. The van der Waals surface area contributed by atoms with E-state index in [9.17, 15) is 9.18 Å². The number of aromatic nitrogens is 5. The number of anilines is 3. The minimum atomic E-state index is -0.901. The number of halogens is 1. The number of nitrogens with zero attached hydrogens (tertiary/aromatic N) is 4. The SMILES string of the molecule is CC1(C(=O)Nc2ccccc2)COC(c2nc(-c3ccc(F)cc3)c(-c3ccnc(Nc4ccncc4)n3)[nH]2)OC1. The van der Waals surface area contributed by atoms with Crippen LogP contribution in [0.15, 0.2) is 91.4 Å². The number of hydrogen-bond donors (Lipinski definition) is 3. The number of benzene rings is 2. The Hall–Kier alpha value is -5.00. The Morgan fingerprint density at radius 3 is 2.39 bits per heavy atom. The average Bonchev–Trinajstić information content (AvgIpc) is 3.45. The van der Waals surface area contributed by atoms with Gasteiger partial charge in [0.1, 0.15) is 5.82 Å². The Bertz CT molecular complexity index is 1640. The van der Waals surface area contributed by atoms with Gasteiger partial charge in [0.25, 0.3) is 0 Å². The quantitative estimate of drug-likeness (QED) is 0.242. The molecule has 3 aromatic heterocycles. The summed E-state index contributed by atoms with van der Waals surface area (Å²) in [6.45, 7) is 2.02. The van der Waals surface area contributed by atoms with Crippen molar-refractivity contribution in [1.29, 1.82) is 0 Å². The molecule has 6 rings (SSSR count). The predicted octanol–water partition coefficient (Wildman–Crippen LogP) is 5.50. The molecule has 206 valence electrons. The van der Waals surface area contributed by atoms with Crippen LogP contribution in [-0.2, 0) is 14.3 Å². The molecule has 0 aliphatic carbocycles. The van der Waals surface area contributed by atoms with Crippen molar-refractivity contribution in [2.75, 3.05) is 23.8 Å². The van der Waals surface area contributed by atoms with Gasteiger partial charge in [-0.25, -0.2) is 19.3 Å². The molecule has 0 spiro atoms. The summed E-state index contributed by atoms with van der Waals surface area (Å²) in [5, 5.41) is 6.07. The first-order valence-corrected chi connectivity index (χ1v) is 12.9. The van der Waals surface area contributed by atoms with Crippen LogP contribution >= 0.6 is 0 Å². The lowest BCUT2D eigenvalue weighted by molar-refractivity contribution is -0.229. The Morgan fingerprint density at radius 2 is 1.66 bits per heavy atom. The lowest BCUT2D eigenvalue weighted by Crippen LogP contribution is -2.45. The monoisotopic (exact) mass is 551 g/mol. The molecule has 1 saturated heterocycles. The summed E-state index contributed by atoms with van der Waals surface area (Å²) in [6, 6.07) is 20.6. The Kier molecular flexibility index (Phi) is 7.19. The van der Waals surface area contributed by atoms with Crippen molar-refractivity contribution in [2.45, 2.75) is 13.2 Å². The Morgan fingerprint density at radius 1 is 0.927 bits per heavy atom. The number of hydrogen-bond acceptors (Lipinski definition) is 8. The third kappa shape index (κ3) is 5.81. The highest BCUT2D eigenvalue weighted by molar-refractivity contribution is 5.95. The van der Waals surface area contributed by atoms with Gasteiger partial charge in [0.2, 0.25) is 18.1 Å². The second-order valence-corrected chi connectivity index (χ2v) is 9.81. The van der Waals surface area contributed by atoms with Gasteiger partial charge in [-0.05, 0) is 61.5 Å². The van der Waals surface area contributed by atoms with Crippen molar-refractivity contribution in [2.24, 2.45) is 5.41 Å². The van der Waals surface area contributed by atoms with Gasteiger partial charge in [-0.1, -0.05) is 18.2 Å². The summed E-state index contributed by atoms with van der Waals surface area (Å²) in [6.07, 6.45) is 4.11. The van der Waals surface area contributed by atoms with E-state index in [-0.39, 0.29) is 24.9 Å². The second-order valence-electron chi connectivity index (χ2n) is 9.81. The Balaban J connectivity index is 1.26. The molecule has 4 heterocycles. The largest absolute Gasteiger partial charge is 0.345 e. The third-order valence-corrected chi connectivity index (χ3v) is 6.60. The molecule has 1 aliphatic heterocycles. The van der Waals surface area contributed by atoms with Gasteiger partial charge >= 0.3 is 0 Å². The van der Waals surface area contributed by atoms with Gasteiger partial charge in [0.15, 0.2) is 5.82 Å². The maximum Gasteiger partial charge on any atom is 0.234 e. The number of carbonyl (C=O) groups is 1. The maximum atomic E-state index is 13.7. The van der Waals surface area contributed by atoms with Crippen molar-refractivity contribution in [3.05, 3.63) is 103 Å². The van der Waals surface area contributed by atoms with E-state index in [0.717, 1.165) is 5.69 Å². The zero-order valence-electron chi connectivity index (χ0n) is 22.0. The van der Waals surface area contributed by atoms with Crippen LogP contribution in [0.5, 0.6) is 0 Å². The van der Waals surface area contributed by atoms with Crippen molar-refractivity contribution in [1.82, 2.24) is 24.9 Å². The fourth-order valence-corrected chi connectivity index (χ4v) is 4.33. The molecule has 11 heteroatoms. The topological polar surface area (TPSA) is 127 Å². The fraction of sp³-hybridized carbons (Fsp3) is 0.167. The third-order valence-electron chi connectivity index (χ3n) is 6.60. The van der Waals surface area contributed by atoms with E-state index in [1.54, 1.807) is 55.8 Å². The molecule has 5 aromatic rings. The smallest absolute Gasteiger partial charge is 0.234 e. The summed E-state index contributed by atoms with van der Waals surface area (Å²) in [7, 11) is 0. The maximum absolute atomic E-state index is 13.7. The molecule has 10 nitrogen and oxygen atoms in total. The number of rotatable bonds is 7. The van der Waals surface area contributed by atoms with E-state index in [1.165, 1.54) is 12.1 Å². The predicted molar refractivity (Wildman–Crippen MR) is 150 cm³/mol. The molecular weight excluding hydrogens is 525 g/mol. The van der Waals surface area contributed by atoms with Gasteiger partial charge in [-0.2, -0.15) is 0 Å². The lowest BCUT2D eigenvalue weighted by atomic mass is 9.91. The van der Waals surface area contributed by atoms with Gasteiger partial charge < -0.3 is 25.1 Å². The van der Waals surface area contributed by atoms with Crippen LogP contribution in [0.25, 0.3) is 22.6 Å². The van der Waals surface area contributed by atoms with E-state index >= 15 is 0 Å². The molecule has 0 saturated carbocycles. The minimum Gasteiger partial charge on any atom is -0.345 e. The second kappa shape index (κ2) is 11.2. The molecule has 0 atom stereocenters. The van der Waals surface area contributed by atoms with Crippen LogP contribution < -0.4 is 10.6 Å². The number of H-pyrrole nitrogens is 1. The van der Waals surface area contributed by atoms with Crippen LogP contribution in [0.2, 0.25) is 0 Å². The molecular formula is C30H26FN7O3. The van der Waals surface area contributed by atoms with E-state index in [2.05, 4.69) is 30.6 Å². The normalized spacial score (nSPS) is 18.5. The zero-order valence-corrected chi connectivity index (χ0v) is 22.0. The lowest BCUT2D eigenvalue weighted by Gasteiger charge is -2.35. The first-order chi connectivity index (χ1) is 20.0. The number of pyridine rings is 1. The van der Waals surface area contributed by atoms with Crippen LogP contribution in [0.3, 0.4) is 0 Å². The van der Waals surface area contributed by atoms with E-state index in [1.807, 2.05) is 30.3 Å². The van der Waals surface area contributed by atoms with Crippen LogP contribution in [0, 0.1) is 11.2 Å². The molecule has 0 radical (unpaired) electrons. The summed E-state index contributed by atoms with van der Waals surface area (Å²) < 4.78 is 25.7. The summed E-state index contributed by atoms with van der Waals surface area (Å²) in [5.74, 6) is 0.209. The highest BCUT2D eigenvalue weighted by Crippen LogP contribution is 2.36. The van der Waals surface area contributed by atoms with Gasteiger partial charge in [-0.15, -0.1) is 0 Å². The first kappa shape index (κ1) is 26.2.